The smallest absolute Gasteiger partial charge is 0.198 e. The van der Waals surface area contributed by atoms with Gasteiger partial charge in [-0.3, -0.25) is 4.99 Å². The van der Waals surface area contributed by atoms with E-state index in [1.165, 1.54) is 11.3 Å². The molecule has 4 nitrogen and oxygen atoms in total. The second kappa shape index (κ2) is 8.03. The minimum absolute atomic E-state index is 0.604. The number of nitrogens with one attached hydrogen (secondary N) is 1. The van der Waals surface area contributed by atoms with Gasteiger partial charge in [-0.05, 0) is 30.4 Å². The number of guanidine groups is 1. The number of benzene rings is 1. The Bertz CT molecular complexity index is 471. The molecule has 0 aliphatic carbocycles. The summed E-state index contributed by atoms with van der Waals surface area (Å²) in [7, 11) is 1.85. The molecular weight excluding hydrogens is 262 g/mol. The maximum absolute atomic E-state index is 5.60. The van der Waals surface area contributed by atoms with Gasteiger partial charge in [0.1, 0.15) is 0 Å². The molecule has 0 fully saturated rings. The molecule has 1 aliphatic heterocycles. The van der Waals surface area contributed by atoms with Crippen molar-refractivity contribution in [2.24, 2.45) is 10.9 Å². The van der Waals surface area contributed by atoms with Gasteiger partial charge in [0.2, 0.25) is 0 Å². The Morgan fingerprint density at radius 1 is 1.38 bits per heavy atom. The third kappa shape index (κ3) is 4.46. The number of aliphatic imine (C=N–C) groups is 1. The van der Waals surface area contributed by atoms with Crippen molar-refractivity contribution in [2.75, 3.05) is 38.3 Å². The third-order valence-electron chi connectivity index (χ3n) is 3.55. The quantitative estimate of drug-likeness (QED) is 0.497. The highest BCUT2D eigenvalue weighted by Gasteiger charge is 2.21. The number of anilines is 1. The van der Waals surface area contributed by atoms with Crippen molar-refractivity contribution in [1.29, 1.82) is 0 Å². The maximum atomic E-state index is 5.60. The summed E-state index contributed by atoms with van der Waals surface area (Å²) in [4.78, 5) is 6.67. The highest BCUT2D eigenvalue weighted by molar-refractivity contribution is 5.97. The highest BCUT2D eigenvalue weighted by atomic mass is 16.5. The number of hydrogen-bond donors (Lipinski definition) is 1. The van der Waals surface area contributed by atoms with E-state index in [1.807, 2.05) is 7.05 Å². The van der Waals surface area contributed by atoms with Gasteiger partial charge in [0.15, 0.2) is 5.96 Å². The summed E-state index contributed by atoms with van der Waals surface area (Å²) in [6, 6.07) is 8.55. The van der Waals surface area contributed by atoms with Crippen LogP contribution in [0.1, 0.15) is 25.8 Å². The molecule has 0 spiro atoms. The summed E-state index contributed by atoms with van der Waals surface area (Å²) in [6.45, 7) is 7.88. The zero-order chi connectivity index (χ0) is 15.1. The van der Waals surface area contributed by atoms with Crippen molar-refractivity contribution in [1.82, 2.24) is 5.32 Å². The van der Waals surface area contributed by atoms with E-state index in [-0.39, 0.29) is 0 Å². The van der Waals surface area contributed by atoms with Gasteiger partial charge >= 0.3 is 0 Å². The molecule has 21 heavy (non-hydrogen) atoms. The second-order valence-electron chi connectivity index (χ2n) is 5.83. The SMILES string of the molecule is CN=C(NCCCOCC(C)C)N1CCc2ccccc21. The number of nitrogens with zero attached hydrogens (tertiary/aromatic N) is 2. The maximum Gasteiger partial charge on any atom is 0.198 e. The molecule has 0 atom stereocenters. The predicted molar refractivity (Wildman–Crippen MR) is 89.1 cm³/mol. The lowest BCUT2D eigenvalue weighted by Gasteiger charge is -2.22. The lowest BCUT2D eigenvalue weighted by Crippen LogP contribution is -2.41. The lowest BCUT2D eigenvalue weighted by molar-refractivity contribution is 0.108. The standard InChI is InChI=1S/C17H27N3O/c1-14(2)13-21-12-6-10-19-17(18-3)20-11-9-15-7-4-5-8-16(15)20/h4-5,7-8,14H,6,9-13H2,1-3H3,(H,18,19). The molecule has 0 aromatic heterocycles. The van der Waals surface area contributed by atoms with Gasteiger partial charge in [0.05, 0.1) is 0 Å². The molecule has 0 radical (unpaired) electrons. The predicted octanol–water partition coefficient (Wildman–Crippen LogP) is 2.69. The summed E-state index contributed by atoms with van der Waals surface area (Å²) >= 11 is 0. The number of para-hydroxylation sites is 1. The molecule has 1 heterocycles. The van der Waals surface area contributed by atoms with Crippen LogP contribution in [-0.4, -0.2) is 39.3 Å². The summed E-state index contributed by atoms with van der Waals surface area (Å²) in [5.41, 5.74) is 2.68. The average molecular weight is 289 g/mol. The largest absolute Gasteiger partial charge is 0.381 e. The number of rotatable bonds is 6. The van der Waals surface area contributed by atoms with E-state index in [1.54, 1.807) is 0 Å². The Balaban J connectivity index is 1.77. The second-order valence-corrected chi connectivity index (χ2v) is 5.83. The highest BCUT2D eigenvalue weighted by Crippen LogP contribution is 2.27. The minimum Gasteiger partial charge on any atom is -0.381 e. The van der Waals surface area contributed by atoms with Gasteiger partial charge in [0.25, 0.3) is 0 Å². The summed E-state index contributed by atoms with van der Waals surface area (Å²) < 4.78 is 5.60. The van der Waals surface area contributed by atoms with Crippen LogP contribution in [0.4, 0.5) is 5.69 Å². The zero-order valence-electron chi connectivity index (χ0n) is 13.4. The van der Waals surface area contributed by atoms with Crippen molar-refractivity contribution in [3.8, 4) is 0 Å². The van der Waals surface area contributed by atoms with Crippen molar-refractivity contribution in [2.45, 2.75) is 26.7 Å². The first-order valence-corrected chi connectivity index (χ1v) is 7.86. The molecule has 1 aromatic carbocycles. The van der Waals surface area contributed by atoms with Gasteiger partial charge in [-0.1, -0.05) is 32.0 Å². The molecule has 1 N–H and O–H groups in total. The topological polar surface area (TPSA) is 36.9 Å². The molecule has 1 aromatic rings. The van der Waals surface area contributed by atoms with E-state index in [0.29, 0.717) is 5.92 Å². The Hall–Kier alpha value is -1.55. The van der Waals surface area contributed by atoms with Gasteiger partial charge in [-0.15, -0.1) is 0 Å². The van der Waals surface area contributed by atoms with Crippen LogP contribution in [-0.2, 0) is 11.2 Å². The Morgan fingerprint density at radius 2 is 2.19 bits per heavy atom. The van der Waals surface area contributed by atoms with Crippen LogP contribution >= 0.6 is 0 Å². The molecule has 0 amide bonds. The van der Waals surface area contributed by atoms with Crippen LogP contribution in [0.3, 0.4) is 0 Å². The van der Waals surface area contributed by atoms with Crippen LogP contribution in [0, 0.1) is 5.92 Å². The van der Waals surface area contributed by atoms with Gasteiger partial charge in [-0.2, -0.15) is 0 Å². The first-order chi connectivity index (χ1) is 10.2. The van der Waals surface area contributed by atoms with Crippen molar-refractivity contribution in [3.05, 3.63) is 29.8 Å². The lowest BCUT2D eigenvalue weighted by atomic mass is 10.2. The number of hydrogen-bond acceptors (Lipinski definition) is 2. The van der Waals surface area contributed by atoms with Crippen molar-refractivity contribution >= 4 is 11.6 Å². The molecule has 1 aliphatic rings. The van der Waals surface area contributed by atoms with Crippen molar-refractivity contribution < 1.29 is 4.74 Å². The Morgan fingerprint density at radius 3 is 2.95 bits per heavy atom. The summed E-state index contributed by atoms with van der Waals surface area (Å²) in [5, 5.41) is 3.44. The molecule has 116 valence electrons. The minimum atomic E-state index is 0.604. The first-order valence-electron chi connectivity index (χ1n) is 7.86. The monoisotopic (exact) mass is 289 g/mol. The Kier molecular flexibility index (Phi) is 6.05. The van der Waals surface area contributed by atoms with E-state index in [4.69, 9.17) is 4.74 Å². The van der Waals surface area contributed by atoms with Gasteiger partial charge in [0, 0.05) is 39.0 Å². The fourth-order valence-electron chi connectivity index (χ4n) is 2.55. The fraction of sp³-hybridized carbons (Fsp3) is 0.588. The molecular formula is C17H27N3O. The Labute approximate surface area is 128 Å². The van der Waals surface area contributed by atoms with Crippen LogP contribution < -0.4 is 10.2 Å². The van der Waals surface area contributed by atoms with E-state index < -0.39 is 0 Å². The van der Waals surface area contributed by atoms with Crippen LogP contribution in [0.5, 0.6) is 0 Å². The molecule has 0 saturated heterocycles. The van der Waals surface area contributed by atoms with Crippen LogP contribution in [0.2, 0.25) is 0 Å². The van der Waals surface area contributed by atoms with Gasteiger partial charge < -0.3 is 15.0 Å². The van der Waals surface area contributed by atoms with E-state index in [0.717, 1.165) is 45.1 Å². The van der Waals surface area contributed by atoms with E-state index >= 15 is 0 Å². The van der Waals surface area contributed by atoms with Crippen LogP contribution in [0.25, 0.3) is 0 Å². The fourth-order valence-corrected chi connectivity index (χ4v) is 2.55. The van der Waals surface area contributed by atoms with Crippen molar-refractivity contribution in [3.63, 3.8) is 0 Å². The molecule has 0 bridgehead atoms. The van der Waals surface area contributed by atoms with E-state index in [2.05, 4.69) is 53.3 Å². The van der Waals surface area contributed by atoms with Gasteiger partial charge in [-0.25, -0.2) is 0 Å². The normalized spacial score (nSPS) is 14.7. The van der Waals surface area contributed by atoms with E-state index in [9.17, 15) is 0 Å². The molecule has 0 unspecified atom stereocenters. The number of ether oxygens (including phenoxy) is 1. The summed E-state index contributed by atoms with van der Waals surface area (Å²) in [6.07, 6.45) is 2.09. The van der Waals surface area contributed by atoms with Crippen LogP contribution in [0.15, 0.2) is 29.3 Å². The summed E-state index contributed by atoms with van der Waals surface area (Å²) in [5.74, 6) is 1.57. The zero-order valence-corrected chi connectivity index (χ0v) is 13.4. The third-order valence-corrected chi connectivity index (χ3v) is 3.55. The number of fused-ring (bicyclic) bond motifs is 1. The molecule has 4 heteroatoms. The molecule has 0 saturated carbocycles. The first kappa shape index (κ1) is 15.8. The molecule has 2 rings (SSSR count). The average Bonchev–Trinajstić information content (AvgIpc) is 2.90.